The first-order valence-corrected chi connectivity index (χ1v) is 5.74. The zero-order valence-corrected chi connectivity index (χ0v) is 10.1. The van der Waals surface area contributed by atoms with Crippen LogP contribution in [0.5, 0.6) is 0 Å². The molecule has 0 saturated carbocycles. The lowest BCUT2D eigenvalue weighted by atomic mass is 10.2. The Balaban J connectivity index is 1.92. The molecule has 3 rings (SSSR count). The fourth-order valence-electron chi connectivity index (χ4n) is 1.67. The van der Waals surface area contributed by atoms with Crippen molar-refractivity contribution in [3.05, 3.63) is 58.8 Å². The summed E-state index contributed by atoms with van der Waals surface area (Å²) in [6.07, 6.45) is 1.64. The normalized spacial score (nSPS) is 10.4. The van der Waals surface area contributed by atoms with Crippen LogP contribution in [-0.4, -0.2) is 20.0 Å². The van der Waals surface area contributed by atoms with Gasteiger partial charge in [0.2, 0.25) is 5.82 Å². The van der Waals surface area contributed by atoms with Crippen LogP contribution in [0.2, 0.25) is 0 Å². The molecule has 0 fully saturated rings. The molecule has 0 radical (unpaired) electrons. The Hall–Kier alpha value is -3.09. The average Bonchev–Trinajstić information content (AvgIpc) is 2.98. The van der Waals surface area contributed by atoms with Gasteiger partial charge in [0, 0.05) is 23.9 Å². The highest BCUT2D eigenvalue weighted by molar-refractivity contribution is 5.58. The molecule has 3 aromatic rings. The molecule has 0 aliphatic rings. The summed E-state index contributed by atoms with van der Waals surface area (Å²) in [6, 6.07) is 11.3. The van der Waals surface area contributed by atoms with E-state index in [9.17, 15) is 10.1 Å². The summed E-state index contributed by atoms with van der Waals surface area (Å²) in [7, 11) is 0. The van der Waals surface area contributed by atoms with Crippen molar-refractivity contribution in [2.45, 2.75) is 0 Å². The Kier molecular flexibility index (Phi) is 2.92. The van der Waals surface area contributed by atoms with Gasteiger partial charge in [0.25, 0.3) is 11.6 Å². The fourth-order valence-corrected chi connectivity index (χ4v) is 1.67. The molecule has 2 heterocycles. The second-order valence-electron chi connectivity index (χ2n) is 3.94. The molecule has 98 valence electrons. The smallest absolute Gasteiger partial charge is 0.269 e. The van der Waals surface area contributed by atoms with E-state index in [-0.39, 0.29) is 5.69 Å². The zero-order chi connectivity index (χ0) is 13.9. The predicted molar refractivity (Wildman–Crippen MR) is 69.6 cm³/mol. The lowest BCUT2D eigenvalue weighted by molar-refractivity contribution is -0.384. The molecule has 0 bridgehead atoms. The molecular weight excluding hydrogens is 260 g/mol. The number of benzene rings is 1. The quantitative estimate of drug-likeness (QED) is 0.535. The van der Waals surface area contributed by atoms with Crippen molar-refractivity contribution in [1.29, 1.82) is 0 Å². The van der Waals surface area contributed by atoms with Crippen LogP contribution < -0.4 is 0 Å². The molecule has 0 aliphatic carbocycles. The van der Waals surface area contributed by atoms with Crippen molar-refractivity contribution in [3.8, 4) is 23.0 Å². The highest BCUT2D eigenvalue weighted by atomic mass is 16.6. The number of hydrogen-bond acceptors (Lipinski definition) is 6. The molecule has 0 unspecified atom stereocenters. The van der Waals surface area contributed by atoms with Crippen LogP contribution in [-0.2, 0) is 0 Å². The van der Waals surface area contributed by atoms with Crippen molar-refractivity contribution < 1.29 is 9.45 Å². The molecule has 0 saturated heterocycles. The van der Waals surface area contributed by atoms with Gasteiger partial charge in [0.15, 0.2) is 0 Å². The van der Waals surface area contributed by atoms with E-state index in [0.29, 0.717) is 23.0 Å². The van der Waals surface area contributed by atoms with E-state index in [1.165, 1.54) is 12.1 Å². The molecule has 0 N–H and O–H groups in total. The van der Waals surface area contributed by atoms with E-state index in [2.05, 4.69) is 15.1 Å². The number of pyridine rings is 1. The summed E-state index contributed by atoms with van der Waals surface area (Å²) in [5, 5.41) is 14.4. The van der Waals surface area contributed by atoms with Gasteiger partial charge < -0.3 is 4.52 Å². The van der Waals surface area contributed by atoms with E-state index in [0.717, 1.165) is 0 Å². The van der Waals surface area contributed by atoms with Crippen LogP contribution in [0, 0.1) is 10.1 Å². The third-order valence-corrected chi connectivity index (χ3v) is 2.65. The first-order chi connectivity index (χ1) is 9.74. The maximum Gasteiger partial charge on any atom is 0.269 e. The summed E-state index contributed by atoms with van der Waals surface area (Å²) in [4.78, 5) is 18.5. The van der Waals surface area contributed by atoms with Crippen LogP contribution in [0.15, 0.2) is 53.2 Å². The maximum atomic E-state index is 10.6. The average molecular weight is 268 g/mol. The number of rotatable bonds is 3. The molecular formula is C13H8N4O3. The largest absolute Gasteiger partial charge is 0.334 e. The molecule has 20 heavy (non-hydrogen) atoms. The number of non-ortho nitro benzene ring substituents is 1. The van der Waals surface area contributed by atoms with Gasteiger partial charge in [-0.25, -0.2) is 0 Å². The molecule has 7 heteroatoms. The minimum Gasteiger partial charge on any atom is -0.334 e. The summed E-state index contributed by atoms with van der Waals surface area (Å²) in [5.74, 6) is 0.666. The molecule has 0 atom stereocenters. The Morgan fingerprint density at radius 1 is 1.10 bits per heavy atom. The Morgan fingerprint density at radius 2 is 1.90 bits per heavy atom. The highest BCUT2D eigenvalue weighted by Gasteiger charge is 2.12. The molecule has 0 aliphatic heterocycles. The van der Waals surface area contributed by atoms with Gasteiger partial charge in [-0.3, -0.25) is 15.1 Å². The standard InChI is InChI=1S/C13H8N4O3/c18-17(19)10-6-4-9(5-7-10)13-15-12(16-20-13)11-3-1-2-8-14-11/h1-8H. The van der Waals surface area contributed by atoms with Gasteiger partial charge in [-0.15, -0.1) is 0 Å². The van der Waals surface area contributed by atoms with Crippen LogP contribution in [0.1, 0.15) is 0 Å². The fraction of sp³-hybridized carbons (Fsp3) is 0. The first kappa shape index (κ1) is 12.0. The van der Waals surface area contributed by atoms with Gasteiger partial charge in [-0.1, -0.05) is 11.2 Å². The van der Waals surface area contributed by atoms with Gasteiger partial charge in [-0.05, 0) is 24.3 Å². The maximum absolute atomic E-state index is 10.6. The number of nitrogens with zero attached hydrogens (tertiary/aromatic N) is 4. The molecule has 7 nitrogen and oxygen atoms in total. The minimum absolute atomic E-state index is 0.0122. The Morgan fingerprint density at radius 3 is 2.55 bits per heavy atom. The third kappa shape index (κ3) is 2.24. The van der Waals surface area contributed by atoms with E-state index in [1.54, 1.807) is 30.5 Å². The van der Waals surface area contributed by atoms with Crippen LogP contribution in [0.3, 0.4) is 0 Å². The molecule has 1 aromatic carbocycles. The predicted octanol–water partition coefficient (Wildman–Crippen LogP) is 2.71. The number of hydrogen-bond donors (Lipinski definition) is 0. The highest BCUT2D eigenvalue weighted by Crippen LogP contribution is 2.23. The second kappa shape index (κ2) is 4.88. The SMILES string of the molecule is O=[N+]([O-])c1ccc(-c2nc(-c3ccccn3)no2)cc1. The van der Waals surface area contributed by atoms with Gasteiger partial charge >= 0.3 is 0 Å². The van der Waals surface area contributed by atoms with Crippen molar-refractivity contribution in [2.24, 2.45) is 0 Å². The van der Waals surface area contributed by atoms with Crippen LogP contribution in [0.4, 0.5) is 5.69 Å². The summed E-state index contributed by atoms with van der Waals surface area (Å²) < 4.78 is 5.13. The van der Waals surface area contributed by atoms with E-state index < -0.39 is 4.92 Å². The number of nitro benzene ring substituents is 1. The summed E-state index contributed by atoms with van der Waals surface area (Å²) in [6.45, 7) is 0. The summed E-state index contributed by atoms with van der Waals surface area (Å²) >= 11 is 0. The Labute approximate surface area is 113 Å². The molecule has 2 aromatic heterocycles. The van der Waals surface area contributed by atoms with Crippen LogP contribution in [0.25, 0.3) is 23.0 Å². The van der Waals surface area contributed by atoms with E-state index >= 15 is 0 Å². The van der Waals surface area contributed by atoms with Crippen molar-refractivity contribution in [2.75, 3.05) is 0 Å². The second-order valence-corrected chi connectivity index (χ2v) is 3.94. The zero-order valence-electron chi connectivity index (χ0n) is 10.1. The number of nitro groups is 1. The third-order valence-electron chi connectivity index (χ3n) is 2.65. The first-order valence-electron chi connectivity index (χ1n) is 5.74. The lowest BCUT2D eigenvalue weighted by Crippen LogP contribution is -1.87. The lowest BCUT2D eigenvalue weighted by Gasteiger charge is -1.93. The molecule has 0 spiro atoms. The monoisotopic (exact) mass is 268 g/mol. The van der Waals surface area contributed by atoms with E-state index in [4.69, 9.17) is 4.52 Å². The van der Waals surface area contributed by atoms with Crippen LogP contribution >= 0.6 is 0 Å². The minimum atomic E-state index is -0.461. The number of aromatic nitrogens is 3. The van der Waals surface area contributed by atoms with E-state index in [1.807, 2.05) is 6.07 Å². The Bertz CT molecular complexity index is 738. The van der Waals surface area contributed by atoms with Gasteiger partial charge in [0.1, 0.15) is 5.69 Å². The summed E-state index contributed by atoms with van der Waals surface area (Å²) in [5.41, 5.74) is 1.23. The molecule has 0 amide bonds. The van der Waals surface area contributed by atoms with Gasteiger partial charge in [0.05, 0.1) is 4.92 Å². The van der Waals surface area contributed by atoms with Crippen molar-refractivity contribution in [3.63, 3.8) is 0 Å². The topological polar surface area (TPSA) is 95.0 Å². The van der Waals surface area contributed by atoms with Gasteiger partial charge in [-0.2, -0.15) is 4.98 Å². The van der Waals surface area contributed by atoms with Crippen molar-refractivity contribution in [1.82, 2.24) is 15.1 Å². The van der Waals surface area contributed by atoms with Crippen molar-refractivity contribution >= 4 is 5.69 Å².